The van der Waals surface area contributed by atoms with Gasteiger partial charge in [-0.2, -0.15) is 13.2 Å². The van der Waals surface area contributed by atoms with Gasteiger partial charge in [-0.3, -0.25) is 5.41 Å². The summed E-state index contributed by atoms with van der Waals surface area (Å²) in [4.78, 5) is 1.49. The number of nitrogen functional groups attached to an aromatic ring is 1. The average molecular weight is 323 g/mol. The first kappa shape index (κ1) is 17.3. The minimum Gasteiger partial charge on any atom is -0.384 e. The number of alkyl halides is 3. The third kappa shape index (κ3) is 4.92. The van der Waals surface area contributed by atoms with Crippen molar-refractivity contribution in [1.29, 1.82) is 5.41 Å². The molecule has 0 saturated carbocycles. The Labute approximate surface area is 121 Å². The molecule has 0 aliphatic carbocycles. The van der Waals surface area contributed by atoms with Gasteiger partial charge in [0.25, 0.3) is 0 Å². The predicted molar refractivity (Wildman–Crippen MR) is 75.4 cm³/mol. The van der Waals surface area contributed by atoms with Crippen LogP contribution in [0, 0.1) is 5.41 Å². The van der Waals surface area contributed by atoms with Crippen LogP contribution in [-0.4, -0.2) is 39.9 Å². The van der Waals surface area contributed by atoms with Gasteiger partial charge < -0.3 is 10.6 Å². The predicted octanol–water partition coefficient (Wildman–Crippen LogP) is 1.47. The Morgan fingerprint density at radius 3 is 2.38 bits per heavy atom. The molecule has 0 heterocycles. The molecule has 0 bridgehead atoms. The van der Waals surface area contributed by atoms with Crippen LogP contribution in [0.3, 0.4) is 0 Å². The minimum atomic E-state index is -4.61. The van der Waals surface area contributed by atoms with Crippen LogP contribution >= 0.6 is 0 Å². The molecule has 3 N–H and O–H groups in total. The van der Waals surface area contributed by atoms with E-state index in [1.165, 1.54) is 11.0 Å². The summed E-state index contributed by atoms with van der Waals surface area (Å²) in [6.07, 6.45) is -3.53. The lowest BCUT2D eigenvalue weighted by atomic mass is 10.0. The average Bonchev–Trinajstić information content (AvgIpc) is 2.33. The summed E-state index contributed by atoms with van der Waals surface area (Å²) in [6.45, 7) is 0.127. The molecular weight excluding hydrogens is 307 g/mol. The lowest BCUT2D eigenvalue weighted by Crippen LogP contribution is -2.26. The number of nitrogens with one attached hydrogen (secondary N) is 1. The SMILES string of the molecule is CN(CCS(C)(=O)=O)c1ccc(C(F)(F)F)c(C(=N)N)c1. The van der Waals surface area contributed by atoms with Crippen molar-refractivity contribution in [2.24, 2.45) is 5.73 Å². The number of rotatable bonds is 5. The van der Waals surface area contributed by atoms with Crippen LogP contribution in [0.2, 0.25) is 0 Å². The molecule has 9 heteroatoms. The summed E-state index contributed by atoms with van der Waals surface area (Å²) in [6, 6.07) is 3.19. The molecule has 118 valence electrons. The van der Waals surface area contributed by atoms with Gasteiger partial charge in [-0.15, -0.1) is 0 Å². The van der Waals surface area contributed by atoms with Crippen molar-refractivity contribution in [3.05, 3.63) is 29.3 Å². The van der Waals surface area contributed by atoms with E-state index < -0.39 is 33.0 Å². The number of sulfone groups is 1. The first-order valence-electron chi connectivity index (χ1n) is 5.86. The summed E-state index contributed by atoms with van der Waals surface area (Å²) in [5.74, 6) is -0.819. The third-order valence-corrected chi connectivity index (χ3v) is 3.76. The van der Waals surface area contributed by atoms with Gasteiger partial charge in [0, 0.05) is 31.1 Å². The first-order chi connectivity index (χ1) is 9.42. The highest BCUT2D eigenvalue weighted by atomic mass is 32.2. The first-order valence-corrected chi connectivity index (χ1v) is 7.92. The molecule has 0 spiro atoms. The van der Waals surface area contributed by atoms with Crippen molar-refractivity contribution < 1.29 is 21.6 Å². The Hall–Kier alpha value is -1.77. The second kappa shape index (κ2) is 5.92. The zero-order valence-electron chi connectivity index (χ0n) is 11.5. The van der Waals surface area contributed by atoms with Crippen LogP contribution in [-0.2, 0) is 16.0 Å². The molecule has 1 rings (SSSR count). The molecule has 21 heavy (non-hydrogen) atoms. The maximum absolute atomic E-state index is 12.8. The summed E-state index contributed by atoms with van der Waals surface area (Å²) < 4.78 is 60.6. The topological polar surface area (TPSA) is 87.2 Å². The fourth-order valence-electron chi connectivity index (χ4n) is 1.67. The number of nitrogens with two attached hydrogens (primary N) is 1. The monoisotopic (exact) mass is 323 g/mol. The third-order valence-electron chi connectivity index (χ3n) is 2.84. The van der Waals surface area contributed by atoms with Gasteiger partial charge in [0.2, 0.25) is 0 Å². The summed E-state index contributed by atoms with van der Waals surface area (Å²) in [5.41, 5.74) is 4.14. The quantitative estimate of drug-likeness (QED) is 0.634. The number of benzene rings is 1. The normalized spacial score (nSPS) is 12.2. The standard InChI is InChI=1S/C12H16F3N3O2S/c1-18(5-6-21(2,19)20)8-3-4-10(12(13,14)15)9(7-8)11(16)17/h3-4,7H,5-6H2,1-2H3,(H3,16,17). The van der Waals surface area contributed by atoms with E-state index in [9.17, 15) is 21.6 Å². The number of hydrogen-bond acceptors (Lipinski definition) is 4. The number of anilines is 1. The van der Waals surface area contributed by atoms with Crippen LogP contribution in [0.15, 0.2) is 18.2 Å². The molecular formula is C12H16F3N3O2S. The molecule has 0 unspecified atom stereocenters. The van der Waals surface area contributed by atoms with Gasteiger partial charge in [-0.05, 0) is 18.2 Å². The van der Waals surface area contributed by atoms with Gasteiger partial charge in [0.1, 0.15) is 15.7 Å². The summed E-state index contributed by atoms with van der Waals surface area (Å²) in [5, 5.41) is 7.26. The zero-order chi connectivity index (χ0) is 16.4. The summed E-state index contributed by atoms with van der Waals surface area (Å²) >= 11 is 0. The molecule has 0 saturated heterocycles. The molecule has 1 aromatic rings. The lowest BCUT2D eigenvalue weighted by Gasteiger charge is -2.21. The highest BCUT2D eigenvalue weighted by Crippen LogP contribution is 2.33. The number of halogens is 3. The van der Waals surface area contributed by atoms with E-state index in [1.807, 2.05) is 0 Å². The molecule has 0 aliphatic heterocycles. The molecule has 0 fully saturated rings. The smallest absolute Gasteiger partial charge is 0.384 e. The van der Waals surface area contributed by atoms with Crippen molar-refractivity contribution >= 4 is 21.4 Å². The molecule has 0 aliphatic rings. The van der Waals surface area contributed by atoms with Crippen molar-refractivity contribution in [3.63, 3.8) is 0 Å². The lowest BCUT2D eigenvalue weighted by molar-refractivity contribution is -0.137. The molecule has 1 aromatic carbocycles. The van der Waals surface area contributed by atoms with Crippen LogP contribution in [0.25, 0.3) is 0 Å². The Bertz CT molecular complexity index is 642. The van der Waals surface area contributed by atoms with Gasteiger partial charge >= 0.3 is 6.18 Å². The van der Waals surface area contributed by atoms with Crippen LogP contribution in [0.1, 0.15) is 11.1 Å². The van der Waals surface area contributed by atoms with Crippen molar-refractivity contribution in [3.8, 4) is 0 Å². The number of amidine groups is 1. The Morgan fingerprint density at radius 2 is 1.95 bits per heavy atom. The molecule has 0 aromatic heterocycles. The number of nitrogens with zero attached hydrogens (tertiary/aromatic N) is 1. The van der Waals surface area contributed by atoms with E-state index in [-0.39, 0.29) is 12.3 Å². The Kier molecular flexibility index (Phi) is 4.87. The van der Waals surface area contributed by atoms with E-state index in [0.717, 1.165) is 18.4 Å². The van der Waals surface area contributed by atoms with Crippen LogP contribution < -0.4 is 10.6 Å². The second-order valence-corrected chi connectivity index (χ2v) is 6.95. The molecule has 0 radical (unpaired) electrons. The van der Waals surface area contributed by atoms with Gasteiger partial charge in [0.15, 0.2) is 0 Å². The summed E-state index contributed by atoms with van der Waals surface area (Å²) in [7, 11) is -1.62. The van der Waals surface area contributed by atoms with Crippen molar-refractivity contribution in [2.45, 2.75) is 6.18 Å². The number of hydrogen-bond donors (Lipinski definition) is 2. The minimum absolute atomic E-state index is 0.125. The molecule has 5 nitrogen and oxygen atoms in total. The van der Waals surface area contributed by atoms with Gasteiger partial charge in [-0.25, -0.2) is 8.42 Å². The van der Waals surface area contributed by atoms with Crippen LogP contribution in [0.4, 0.5) is 18.9 Å². The molecule has 0 atom stereocenters. The maximum atomic E-state index is 12.8. The van der Waals surface area contributed by atoms with Crippen molar-refractivity contribution in [2.75, 3.05) is 30.5 Å². The highest BCUT2D eigenvalue weighted by molar-refractivity contribution is 7.90. The van der Waals surface area contributed by atoms with E-state index in [2.05, 4.69) is 0 Å². The zero-order valence-corrected chi connectivity index (χ0v) is 12.3. The highest BCUT2D eigenvalue weighted by Gasteiger charge is 2.34. The fourth-order valence-corrected chi connectivity index (χ4v) is 2.28. The maximum Gasteiger partial charge on any atom is 0.417 e. The Morgan fingerprint density at radius 1 is 1.38 bits per heavy atom. The van der Waals surface area contributed by atoms with E-state index in [1.54, 1.807) is 7.05 Å². The van der Waals surface area contributed by atoms with Gasteiger partial charge in [-0.1, -0.05) is 0 Å². The Balaban J connectivity index is 3.11. The largest absolute Gasteiger partial charge is 0.417 e. The van der Waals surface area contributed by atoms with E-state index >= 15 is 0 Å². The van der Waals surface area contributed by atoms with E-state index in [0.29, 0.717) is 5.69 Å². The molecule has 0 amide bonds. The van der Waals surface area contributed by atoms with E-state index in [4.69, 9.17) is 11.1 Å². The van der Waals surface area contributed by atoms with Gasteiger partial charge in [0.05, 0.1) is 11.3 Å². The van der Waals surface area contributed by atoms with Crippen LogP contribution in [0.5, 0.6) is 0 Å². The fraction of sp³-hybridized carbons (Fsp3) is 0.417. The second-order valence-electron chi connectivity index (χ2n) is 4.69. The van der Waals surface area contributed by atoms with Crippen molar-refractivity contribution in [1.82, 2.24) is 0 Å².